The molecular weight excluding hydrogens is 268 g/mol. The first-order chi connectivity index (χ1) is 10.2. The predicted molar refractivity (Wildman–Crippen MR) is 80.7 cm³/mol. The SMILES string of the molecule is COCOc1c(C)cccc1C(O)c1ccccc1OC. The molecule has 1 atom stereocenters. The Kier molecular flexibility index (Phi) is 5.20. The molecule has 0 radical (unpaired) electrons. The smallest absolute Gasteiger partial charge is 0.188 e. The normalized spacial score (nSPS) is 12.0. The molecule has 0 saturated carbocycles. The number of aryl methyl sites for hydroxylation is 1. The molecule has 4 nitrogen and oxygen atoms in total. The van der Waals surface area contributed by atoms with Gasteiger partial charge in [-0.3, -0.25) is 0 Å². The maximum absolute atomic E-state index is 10.7. The number of ether oxygens (including phenoxy) is 3. The minimum atomic E-state index is -0.826. The molecule has 112 valence electrons. The van der Waals surface area contributed by atoms with Gasteiger partial charge in [0.1, 0.15) is 17.6 Å². The quantitative estimate of drug-likeness (QED) is 0.830. The molecule has 0 amide bonds. The zero-order valence-corrected chi connectivity index (χ0v) is 12.5. The summed E-state index contributed by atoms with van der Waals surface area (Å²) in [5.74, 6) is 1.28. The molecular formula is C17H20O4. The summed E-state index contributed by atoms with van der Waals surface area (Å²) in [4.78, 5) is 0. The maximum atomic E-state index is 10.7. The second-order valence-electron chi connectivity index (χ2n) is 4.69. The summed E-state index contributed by atoms with van der Waals surface area (Å²) in [5, 5.41) is 10.7. The van der Waals surface area contributed by atoms with Crippen LogP contribution in [0.3, 0.4) is 0 Å². The number of aliphatic hydroxyl groups is 1. The van der Waals surface area contributed by atoms with Gasteiger partial charge < -0.3 is 19.3 Å². The van der Waals surface area contributed by atoms with Gasteiger partial charge in [-0.2, -0.15) is 0 Å². The lowest BCUT2D eigenvalue weighted by Gasteiger charge is -2.19. The minimum Gasteiger partial charge on any atom is -0.496 e. The van der Waals surface area contributed by atoms with Crippen molar-refractivity contribution >= 4 is 0 Å². The van der Waals surface area contributed by atoms with Crippen molar-refractivity contribution in [2.24, 2.45) is 0 Å². The van der Waals surface area contributed by atoms with Crippen molar-refractivity contribution < 1.29 is 19.3 Å². The Morgan fingerprint density at radius 1 is 1.00 bits per heavy atom. The Labute approximate surface area is 124 Å². The third-order valence-electron chi connectivity index (χ3n) is 3.29. The van der Waals surface area contributed by atoms with Crippen LogP contribution in [0.2, 0.25) is 0 Å². The van der Waals surface area contributed by atoms with E-state index < -0.39 is 6.10 Å². The first-order valence-corrected chi connectivity index (χ1v) is 6.71. The average molecular weight is 288 g/mol. The summed E-state index contributed by atoms with van der Waals surface area (Å²) < 4.78 is 15.9. The summed E-state index contributed by atoms with van der Waals surface area (Å²) in [7, 11) is 3.15. The van der Waals surface area contributed by atoms with Gasteiger partial charge in [-0.05, 0) is 18.6 Å². The fourth-order valence-electron chi connectivity index (χ4n) is 2.27. The standard InChI is InChI=1S/C17H20O4/c1-12-7-6-9-14(17(12)21-11-19-2)16(18)13-8-4-5-10-15(13)20-3/h4-10,16,18H,11H2,1-3H3. The number of hydrogen-bond donors (Lipinski definition) is 1. The molecule has 0 bridgehead atoms. The molecule has 2 rings (SSSR count). The zero-order chi connectivity index (χ0) is 15.2. The Morgan fingerprint density at radius 3 is 2.43 bits per heavy atom. The molecule has 0 aliphatic carbocycles. The molecule has 0 fully saturated rings. The Balaban J connectivity index is 2.43. The number of aliphatic hydroxyl groups excluding tert-OH is 1. The van der Waals surface area contributed by atoms with Crippen molar-refractivity contribution in [3.8, 4) is 11.5 Å². The number of rotatable bonds is 6. The minimum absolute atomic E-state index is 0.135. The van der Waals surface area contributed by atoms with Crippen molar-refractivity contribution in [2.75, 3.05) is 21.0 Å². The van der Waals surface area contributed by atoms with Gasteiger partial charge in [-0.25, -0.2) is 0 Å². The van der Waals surface area contributed by atoms with Crippen LogP contribution < -0.4 is 9.47 Å². The van der Waals surface area contributed by atoms with Crippen LogP contribution in [0, 0.1) is 6.92 Å². The van der Waals surface area contributed by atoms with Crippen LogP contribution in [0.25, 0.3) is 0 Å². The molecule has 2 aromatic carbocycles. The second-order valence-corrected chi connectivity index (χ2v) is 4.69. The lowest BCUT2D eigenvalue weighted by Crippen LogP contribution is -2.08. The van der Waals surface area contributed by atoms with E-state index in [1.54, 1.807) is 14.2 Å². The van der Waals surface area contributed by atoms with Crippen LogP contribution in [0.4, 0.5) is 0 Å². The van der Waals surface area contributed by atoms with Crippen LogP contribution in [0.5, 0.6) is 11.5 Å². The van der Waals surface area contributed by atoms with Gasteiger partial charge in [-0.15, -0.1) is 0 Å². The van der Waals surface area contributed by atoms with Gasteiger partial charge in [0.2, 0.25) is 0 Å². The van der Waals surface area contributed by atoms with Crippen LogP contribution in [-0.4, -0.2) is 26.1 Å². The summed E-state index contributed by atoms with van der Waals surface area (Å²) in [6.45, 7) is 2.07. The van der Waals surface area contributed by atoms with Crippen molar-refractivity contribution in [1.82, 2.24) is 0 Å². The molecule has 0 heterocycles. The van der Waals surface area contributed by atoms with E-state index >= 15 is 0 Å². The van der Waals surface area contributed by atoms with Gasteiger partial charge in [0.25, 0.3) is 0 Å². The second kappa shape index (κ2) is 7.11. The van der Waals surface area contributed by atoms with Gasteiger partial charge in [0, 0.05) is 18.2 Å². The largest absolute Gasteiger partial charge is 0.496 e. The molecule has 4 heteroatoms. The van der Waals surface area contributed by atoms with Gasteiger partial charge >= 0.3 is 0 Å². The maximum Gasteiger partial charge on any atom is 0.188 e. The molecule has 2 aromatic rings. The highest BCUT2D eigenvalue weighted by atomic mass is 16.7. The fourth-order valence-corrected chi connectivity index (χ4v) is 2.27. The monoisotopic (exact) mass is 288 g/mol. The van der Waals surface area contributed by atoms with Crippen molar-refractivity contribution in [3.63, 3.8) is 0 Å². The highest BCUT2D eigenvalue weighted by Crippen LogP contribution is 2.36. The van der Waals surface area contributed by atoms with Crippen LogP contribution in [-0.2, 0) is 4.74 Å². The van der Waals surface area contributed by atoms with E-state index in [1.807, 2.05) is 49.4 Å². The molecule has 1 N–H and O–H groups in total. The number of benzene rings is 2. The molecule has 1 unspecified atom stereocenters. The lowest BCUT2D eigenvalue weighted by atomic mass is 9.98. The summed E-state index contributed by atoms with van der Waals surface area (Å²) in [6, 6.07) is 13.1. The molecule has 0 aromatic heterocycles. The first kappa shape index (κ1) is 15.4. The summed E-state index contributed by atoms with van der Waals surface area (Å²) in [6.07, 6.45) is -0.826. The van der Waals surface area contributed by atoms with E-state index in [2.05, 4.69) is 0 Å². The first-order valence-electron chi connectivity index (χ1n) is 6.71. The summed E-state index contributed by atoms with van der Waals surface area (Å²) in [5.41, 5.74) is 2.34. The van der Waals surface area contributed by atoms with Crippen LogP contribution in [0.15, 0.2) is 42.5 Å². The third kappa shape index (κ3) is 3.35. The predicted octanol–water partition coefficient (Wildman–Crippen LogP) is 3.07. The molecule has 0 aliphatic rings. The Morgan fingerprint density at radius 2 is 1.71 bits per heavy atom. The molecule has 0 aliphatic heterocycles. The van der Waals surface area contributed by atoms with Crippen molar-refractivity contribution in [1.29, 1.82) is 0 Å². The van der Waals surface area contributed by atoms with E-state index in [0.29, 0.717) is 22.6 Å². The van der Waals surface area contributed by atoms with Gasteiger partial charge in [-0.1, -0.05) is 36.4 Å². The lowest BCUT2D eigenvalue weighted by molar-refractivity contribution is 0.0482. The topological polar surface area (TPSA) is 47.9 Å². The average Bonchev–Trinajstić information content (AvgIpc) is 2.52. The summed E-state index contributed by atoms with van der Waals surface area (Å²) >= 11 is 0. The molecule has 0 spiro atoms. The highest BCUT2D eigenvalue weighted by molar-refractivity contribution is 5.48. The number of hydrogen-bond acceptors (Lipinski definition) is 4. The van der Waals surface area contributed by atoms with Crippen LogP contribution in [0.1, 0.15) is 22.8 Å². The van der Waals surface area contributed by atoms with Gasteiger partial charge in [0.05, 0.1) is 7.11 Å². The fraction of sp³-hybridized carbons (Fsp3) is 0.294. The molecule has 21 heavy (non-hydrogen) atoms. The van der Waals surface area contributed by atoms with Crippen molar-refractivity contribution in [3.05, 3.63) is 59.2 Å². The Bertz CT molecular complexity index is 595. The third-order valence-corrected chi connectivity index (χ3v) is 3.29. The highest BCUT2D eigenvalue weighted by Gasteiger charge is 2.20. The van der Waals surface area contributed by atoms with E-state index in [-0.39, 0.29) is 6.79 Å². The number of para-hydroxylation sites is 2. The zero-order valence-electron chi connectivity index (χ0n) is 12.5. The van der Waals surface area contributed by atoms with E-state index in [0.717, 1.165) is 5.56 Å². The van der Waals surface area contributed by atoms with E-state index in [4.69, 9.17) is 14.2 Å². The van der Waals surface area contributed by atoms with Crippen molar-refractivity contribution in [2.45, 2.75) is 13.0 Å². The number of methoxy groups -OCH3 is 2. The Hall–Kier alpha value is -2.04. The van der Waals surface area contributed by atoms with Gasteiger partial charge in [0.15, 0.2) is 6.79 Å². The van der Waals surface area contributed by atoms with E-state index in [9.17, 15) is 5.11 Å². The van der Waals surface area contributed by atoms with Crippen LogP contribution >= 0.6 is 0 Å². The van der Waals surface area contributed by atoms with E-state index in [1.165, 1.54) is 0 Å². The molecule has 0 saturated heterocycles.